The van der Waals surface area contributed by atoms with Crippen LogP contribution in [0.25, 0.3) is 0 Å². The van der Waals surface area contributed by atoms with Crippen LogP contribution >= 0.6 is 0 Å². The summed E-state index contributed by atoms with van der Waals surface area (Å²) in [6, 6.07) is 8.80. The van der Waals surface area contributed by atoms with Gasteiger partial charge in [-0.25, -0.2) is 0 Å². The van der Waals surface area contributed by atoms with Gasteiger partial charge < -0.3 is 20.8 Å². The zero-order valence-corrected chi connectivity index (χ0v) is 10.1. The number of nitrogen functional groups attached to an aromatic ring is 1. The van der Waals surface area contributed by atoms with Crippen LogP contribution in [0.4, 0.5) is 11.4 Å². The third-order valence-electron chi connectivity index (χ3n) is 2.55. The molecule has 5 nitrogen and oxygen atoms in total. The van der Waals surface area contributed by atoms with Crippen molar-refractivity contribution in [3.8, 4) is 0 Å². The van der Waals surface area contributed by atoms with Crippen molar-refractivity contribution in [3.05, 3.63) is 47.9 Å². The SMILES string of the molecule is CNC(=O)c1ccc(N)cc1NCc1ccco1. The van der Waals surface area contributed by atoms with Crippen molar-refractivity contribution in [2.24, 2.45) is 0 Å². The van der Waals surface area contributed by atoms with E-state index < -0.39 is 0 Å². The molecular formula is C13H15N3O2. The van der Waals surface area contributed by atoms with Crippen LogP contribution in [-0.4, -0.2) is 13.0 Å². The van der Waals surface area contributed by atoms with Crippen molar-refractivity contribution >= 4 is 17.3 Å². The first-order valence-electron chi connectivity index (χ1n) is 5.58. The van der Waals surface area contributed by atoms with Crippen molar-refractivity contribution in [3.63, 3.8) is 0 Å². The molecule has 2 aromatic rings. The summed E-state index contributed by atoms with van der Waals surface area (Å²) in [5.41, 5.74) is 7.56. The largest absolute Gasteiger partial charge is 0.467 e. The Kier molecular flexibility index (Phi) is 3.52. The number of nitrogens with one attached hydrogen (secondary N) is 2. The fourth-order valence-electron chi connectivity index (χ4n) is 1.64. The first kappa shape index (κ1) is 12.0. The maximum absolute atomic E-state index is 11.7. The number of rotatable bonds is 4. The predicted octanol–water partition coefficient (Wildman–Crippen LogP) is 1.83. The van der Waals surface area contributed by atoms with E-state index >= 15 is 0 Å². The second-order valence-corrected chi connectivity index (χ2v) is 3.82. The number of carbonyl (C=O) groups is 1. The quantitative estimate of drug-likeness (QED) is 0.718. The summed E-state index contributed by atoms with van der Waals surface area (Å²) in [5.74, 6) is 0.636. The highest BCUT2D eigenvalue weighted by molar-refractivity contribution is 6.00. The van der Waals surface area contributed by atoms with Gasteiger partial charge in [-0.1, -0.05) is 0 Å². The van der Waals surface area contributed by atoms with E-state index in [1.54, 1.807) is 31.5 Å². The molecule has 1 amide bonds. The summed E-state index contributed by atoms with van der Waals surface area (Å²) in [7, 11) is 1.59. The minimum Gasteiger partial charge on any atom is -0.467 e. The molecule has 0 saturated heterocycles. The van der Waals surface area contributed by atoms with Gasteiger partial charge in [0.05, 0.1) is 18.4 Å². The average molecular weight is 245 g/mol. The zero-order valence-electron chi connectivity index (χ0n) is 10.1. The summed E-state index contributed by atoms with van der Waals surface area (Å²) in [4.78, 5) is 11.7. The number of hydrogen-bond donors (Lipinski definition) is 3. The molecule has 0 unspecified atom stereocenters. The molecule has 4 N–H and O–H groups in total. The molecule has 0 aliphatic rings. The molecule has 0 bridgehead atoms. The van der Waals surface area contributed by atoms with E-state index in [2.05, 4.69) is 10.6 Å². The first-order chi connectivity index (χ1) is 8.70. The number of hydrogen-bond acceptors (Lipinski definition) is 4. The molecule has 18 heavy (non-hydrogen) atoms. The normalized spacial score (nSPS) is 10.1. The lowest BCUT2D eigenvalue weighted by atomic mass is 10.1. The zero-order chi connectivity index (χ0) is 13.0. The molecule has 5 heteroatoms. The van der Waals surface area contributed by atoms with Gasteiger partial charge in [-0.2, -0.15) is 0 Å². The Morgan fingerprint density at radius 1 is 1.39 bits per heavy atom. The topological polar surface area (TPSA) is 80.3 Å². The summed E-state index contributed by atoms with van der Waals surface area (Å²) in [5, 5.41) is 5.73. The van der Waals surface area contributed by atoms with Crippen LogP contribution in [-0.2, 0) is 6.54 Å². The van der Waals surface area contributed by atoms with Crippen molar-refractivity contribution in [1.82, 2.24) is 5.32 Å². The molecule has 0 radical (unpaired) electrons. The maximum Gasteiger partial charge on any atom is 0.253 e. The first-order valence-corrected chi connectivity index (χ1v) is 5.58. The van der Waals surface area contributed by atoms with Gasteiger partial charge >= 0.3 is 0 Å². The lowest BCUT2D eigenvalue weighted by Crippen LogP contribution is -2.19. The summed E-state index contributed by atoms with van der Waals surface area (Å²) >= 11 is 0. The smallest absolute Gasteiger partial charge is 0.253 e. The Morgan fingerprint density at radius 2 is 2.22 bits per heavy atom. The van der Waals surface area contributed by atoms with E-state index in [4.69, 9.17) is 10.2 Å². The molecule has 2 rings (SSSR count). The monoisotopic (exact) mass is 245 g/mol. The van der Waals surface area contributed by atoms with Gasteiger partial charge in [-0.05, 0) is 30.3 Å². The van der Waals surface area contributed by atoms with Gasteiger partial charge in [-0.15, -0.1) is 0 Å². The molecule has 1 aromatic heterocycles. The lowest BCUT2D eigenvalue weighted by molar-refractivity contribution is 0.0964. The van der Waals surface area contributed by atoms with Crippen LogP contribution in [0.2, 0.25) is 0 Å². The standard InChI is InChI=1S/C13H15N3O2/c1-15-13(17)11-5-4-9(14)7-12(11)16-8-10-3-2-6-18-10/h2-7,16H,8,14H2,1H3,(H,15,17). The van der Waals surface area contributed by atoms with E-state index in [9.17, 15) is 4.79 Å². The highest BCUT2D eigenvalue weighted by Crippen LogP contribution is 2.20. The predicted molar refractivity (Wildman–Crippen MR) is 70.3 cm³/mol. The Bertz CT molecular complexity index is 535. The van der Waals surface area contributed by atoms with E-state index in [0.717, 1.165) is 5.76 Å². The van der Waals surface area contributed by atoms with Crippen LogP contribution in [0, 0.1) is 0 Å². The van der Waals surface area contributed by atoms with Crippen LogP contribution in [0.5, 0.6) is 0 Å². The fraction of sp³-hybridized carbons (Fsp3) is 0.154. The Labute approximate surface area is 105 Å². The highest BCUT2D eigenvalue weighted by atomic mass is 16.3. The fourth-order valence-corrected chi connectivity index (χ4v) is 1.64. The molecule has 0 aliphatic heterocycles. The van der Waals surface area contributed by atoms with Gasteiger partial charge in [0, 0.05) is 18.4 Å². The molecule has 94 valence electrons. The molecule has 1 aromatic carbocycles. The number of carbonyl (C=O) groups excluding carboxylic acids is 1. The number of benzene rings is 1. The van der Waals surface area contributed by atoms with E-state index in [0.29, 0.717) is 23.5 Å². The second kappa shape index (κ2) is 5.27. The molecule has 0 aliphatic carbocycles. The molecule has 1 heterocycles. The van der Waals surface area contributed by atoms with Crippen LogP contribution in [0.1, 0.15) is 16.1 Å². The molecule has 0 atom stereocenters. The molecule has 0 spiro atoms. The van der Waals surface area contributed by atoms with Crippen LogP contribution in [0.15, 0.2) is 41.0 Å². The van der Waals surface area contributed by atoms with Crippen molar-refractivity contribution in [1.29, 1.82) is 0 Å². The van der Waals surface area contributed by atoms with E-state index in [1.165, 1.54) is 0 Å². The Balaban J connectivity index is 2.19. The molecule has 0 fully saturated rings. The second-order valence-electron chi connectivity index (χ2n) is 3.82. The summed E-state index contributed by atoms with van der Waals surface area (Å²) in [6.45, 7) is 0.500. The third-order valence-corrected chi connectivity index (χ3v) is 2.55. The Hall–Kier alpha value is -2.43. The van der Waals surface area contributed by atoms with Crippen molar-refractivity contribution < 1.29 is 9.21 Å². The van der Waals surface area contributed by atoms with Gasteiger partial charge in [0.1, 0.15) is 5.76 Å². The lowest BCUT2D eigenvalue weighted by Gasteiger charge is -2.11. The summed E-state index contributed by atoms with van der Waals surface area (Å²) < 4.78 is 5.22. The van der Waals surface area contributed by atoms with Gasteiger partial charge in [0.15, 0.2) is 0 Å². The maximum atomic E-state index is 11.7. The minimum atomic E-state index is -0.156. The van der Waals surface area contributed by atoms with Crippen molar-refractivity contribution in [2.45, 2.75) is 6.54 Å². The number of furan rings is 1. The average Bonchev–Trinajstić information content (AvgIpc) is 2.88. The number of amides is 1. The van der Waals surface area contributed by atoms with Crippen LogP contribution in [0.3, 0.4) is 0 Å². The van der Waals surface area contributed by atoms with Gasteiger partial charge in [0.25, 0.3) is 5.91 Å². The minimum absolute atomic E-state index is 0.156. The molecular weight excluding hydrogens is 230 g/mol. The van der Waals surface area contributed by atoms with Crippen LogP contribution < -0.4 is 16.4 Å². The number of nitrogens with two attached hydrogens (primary N) is 1. The third kappa shape index (κ3) is 2.63. The van der Waals surface area contributed by atoms with Gasteiger partial charge in [-0.3, -0.25) is 4.79 Å². The number of anilines is 2. The summed E-state index contributed by atoms with van der Waals surface area (Å²) in [6.07, 6.45) is 1.61. The Morgan fingerprint density at radius 3 is 2.89 bits per heavy atom. The highest BCUT2D eigenvalue weighted by Gasteiger charge is 2.10. The van der Waals surface area contributed by atoms with E-state index in [-0.39, 0.29) is 5.91 Å². The van der Waals surface area contributed by atoms with Gasteiger partial charge in [0.2, 0.25) is 0 Å². The van der Waals surface area contributed by atoms with Crippen molar-refractivity contribution in [2.75, 3.05) is 18.1 Å². The molecule has 0 saturated carbocycles. The van der Waals surface area contributed by atoms with E-state index in [1.807, 2.05) is 12.1 Å².